The zero-order valence-electron chi connectivity index (χ0n) is 32.0. The molecule has 4 aliphatic rings. The van der Waals surface area contributed by atoms with Crippen molar-refractivity contribution in [3.8, 4) is 5.88 Å². The number of benzene rings is 2. The lowest BCUT2D eigenvalue weighted by Crippen LogP contribution is -2.58. The van der Waals surface area contributed by atoms with Crippen molar-refractivity contribution in [3.05, 3.63) is 59.1 Å². The highest BCUT2D eigenvalue weighted by Crippen LogP contribution is 2.46. The fraction of sp³-hybridized carbons (Fsp3) is 0.488. The first-order valence-electron chi connectivity index (χ1n) is 19.5. The number of carbonyl (C=O) groups excluding carboxylic acids is 4. The van der Waals surface area contributed by atoms with Gasteiger partial charge in [0.2, 0.25) is 27.7 Å². The zero-order chi connectivity index (χ0) is 40.3. The van der Waals surface area contributed by atoms with E-state index >= 15 is 0 Å². The number of fused-ring (bicyclic) bond motifs is 7. The van der Waals surface area contributed by atoms with Gasteiger partial charge in [-0.3, -0.25) is 19.1 Å². The van der Waals surface area contributed by atoms with E-state index in [0.29, 0.717) is 54.2 Å². The Kier molecular flexibility index (Phi) is 10.2. The molecule has 2 aliphatic carbocycles. The van der Waals surface area contributed by atoms with E-state index in [-0.39, 0.29) is 25.3 Å². The van der Waals surface area contributed by atoms with Gasteiger partial charge in [0.05, 0.1) is 11.8 Å². The molecule has 3 fully saturated rings. The van der Waals surface area contributed by atoms with E-state index in [1.165, 1.54) is 4.90 Å². The lowest BCUT2D eigenvalue weighted by atomic mass is 10.0. The lowest BCUT2D eigenvalue weighted by molar-refractivity contribution is -0.141. The molecule has 4 aromatic rings. The fourth-order valence-electron chi connectivity index (χ4n) is 7.92. The molecule has 0 bridgehead atoms. The van der Waals surface area contributed by atoms with E-state index < -0.39 is 74.3 Å². The molecule has 8 rings (SSSR count). The van der Waals surface area contributed by atoms with Gasteiger partial charge in [0, 0.05) is 33.0 Å². The smallest absolute Gasteiger partial charge is 0.408 e. The molecular weight excluding hydrogens is 818 g/mol. The van der Waals surface area contributed by atoms with Crippen LogP contribution >= 0.6 is 15.9 Å². The van der Waals surface area contributed by atoms with Crippen molar-refractivity contribution in [2.75, 3.05) is 6.54 Å². The number of para-hydroxylation sites is 1. The number of sulfonamides is 1. The number of nitrogens with one attached hydrogen (secondary N) is 3. The zero-order valence-corrected chi connectivity index (χ0v) is 34.4. The Morgan fingerprint density at radius 3 is 2.60 bits per heavy atom. The Balaban J connectivity index is 1.15. The number of halogens is 1. The van der Waals surface area contributed by atoms with Crippen LogP contribution in [-0.2, 0) is 29.1 Å². The van der Waals surface area contributed by atoms with Crippen LogP contribution in [0.5, 0.6) is 5.88 Å². The van der Waals surface area contributed by atoms with Crippen molar-refractivity contribution < 1.29 is 41.5 Å². The maximum Gasteiger partial charge on any atom is 0.408 e. The number of hydrogen-bond acceptors (Lipinski definition) is 10. The third-order valence-electron chi connectivity index (χ3n) is 11.1. The summed E-state index contributed by atoms with van der Waals surface area (Å²) < 4.78 is 47.3. The maximum atomic E-state index is 14.6. The van der Waals surface area contributed by atoms with Crippen LogP contribution in [0.3, 0.4) is 0 Å². The highest BCUT2D eigenvalue weighted by atomic mass is 79.9. The molecule has 4 amide bonds. The third kappa shape index (κ3) is 8.07. The van der Waals surface area contributed by atoms with Crippen LogP contribution in [0.1, 0.15) is 78.6 Å². The maximum absolute atomic E-state index is 14.6. The predicted octanol–water partition coefficient (Wildman–Crippen LogP) is 6.14. The Hall–Kier alpha value is -4.70. The molecule has 0 unspecified atom stereocenters. The Labute approximate surface area is 338 Å². The van der Waals surface area contributed by atoms with E-state index in [1.54, 1.807) is 20.8 Å². The summed E-state index contributed by atoms with van der Waals surface area (Å²) in [5.41, 5.74) is -0.482. The van der Waals surface area contributed by atoms with Gasteiger partial charge < -0.3 is 29.4 Å². The van der Waals surface area contributed by atoms with Crippen LogP contribution in [0, 0.1) is 5.92 Å². The number of amides is 4. The summed E-state index contributed by atoms with van der Waals surface area (Å²) in [6.45, 7) is 5.15. The monoisotopic (exact) mass is 863 g/mol. The molecule has 57 heavy (non-hydrogen) atoms. The van der Waals surface area contributed by atoms with Gasteiger partial charge in [-0.2, -0.15) is 0 Å². The number of aromatic nitrogens is 1. The standard InChI is InChI=1S/C41H46BrN5O9S/c1-40(2,3)56-39(51)43-30-13-8-6-4-5-7-11-23-21-41(23,38(50)46-57(52,53)26-16-17-26)45-35(48)31-20-25(22-47(31)37(30)49)54-36-29-19-24(42)15-18-27(29)34-33(44-36)28-12-9-10-14-32(28)55-34/h7,9-12,14-15,18-19,23,25-26,30-31H,4-6,8,13,16-17,20-22H2,1-3H3,(H,43,51)(H,45,48)(H,46,50)/b11-7-/t23-,25-,30+,31+,41-/m1/s1. The molecule has 3 N–H and O–H groups in total. The van der Waals surface area contributed by atoms with Crippen LogP contribution in [0.2, 0.25) is 0 Å². The molecule has 1 saturated heterocycles. The van der Waals surface area contributed by atoms with Crippen molar-refractivity contribution in [2.24, 2.45) is 5.92 Å². The van der Waals surface area contributed by atoms with Crippen LogP contribution in [0.15, 0.2) is 63.5 Å². The number of hydrogen-bond donors (Lipinski definition) is 3. The molecule has 2 aromatic carbocycles. The van der Waals surface area contributed by atoms with Crippen LogP contribution < -0.4 is 20.1 Å². The van der Waals surface area contributed by atoms with Crippen LogP contribution in [0.25, 0.3) is 32.8 Å². The summed E-state index contributed by atoms with van der Waals surface area (Å²) >= 11 is 3.56. The molecule has 2 saturated carbocycles. The Bertz CT molecular complexity index is 2420. The summed E-state index contributed by atoms with van der Waals surface area (Å²) in [5, 5.41) is 7.24. The average molecular weight is 865 g/mol. The Morgan fingerprint density at radius 2 is 1.82 bits per heavy atom. The number of rotatable bonds is 6. The van der Waals surface area contributed by atoms with E-state index in [2.05, 4.69) is 31.3 Å². The number of nitrogens with zero attached hydrogens (tertiary/aromatic N) is 2. The van der Waals surface area contributed by atoms with E-state index in [9.17, 15) is 27.6 Å². The highest BCUT2D eigenvalue weighted by Gasteiger charge is 2.62. The number of furan rings is 1. The van der Waals surface area contributed by atoms with Crippen LogP contribution in [0.4, 0.5) is 4.79 Å². The molecule has 5 atom stereocenters. The second-order valence-corrected chi connectivity index (χ2v) is 19.5. The molecular formula is C41H46BrN5O9S. The fourth-order valence-corrected chi connectivity index (χ4v) is 9.65. The third-order valence-corrected chi connectivity index (χ3v) is 13.4. The summed E-state index contributed by atoms with van der Waals surface area (Å²) in [6.07, 6.45) is 6.62. The first kappa shape index (κ1) is 39.1. The first-order chi connectivity index (χ1) is 27.1. The van der Waals surface area contributed by atoms with Crippen molar-refractivity contribution in [1.29, 1.82) is 0 Å². The SMILES string of the molecule is CC(C)(C)OC(=O)N[C@H]1CCCCC/C=C\[C@@H]2C[C@@]2(C(=O)NS(=O)(=O)C2CC2)NC(=O)[C@@H]2C[C@@H](Oc3nc4c5ccccc5oc4c4ccc(Br)cc34)CN2C1=O. The second-order valence-electron chi connectivity index (χ2n) is 16.6. The molecule has 0 radical (unpaired) electrons. The molecule has 14 nitrogen and oxygen atoms in total. The first-order valence-corrected chi connectivity index (χ1v) is 21.9. The molecule has 2 aromatic heterocycles. The van der Waals surface area contributed by atoms with Crippen LogP contribution in [-0.4, -0.2) is 83.2 Å². The highest BCUT2D eigenvalue weighted by molar-refractivity contribution is 9.10. The van der Waals surface area contributed by atoms with E-state index in [4.69, 9.17) is 18.9 Å². The van der Waals surface area contributed by atoms with Gasteiger partial charge in [-0.15, -0.1) is 0 Å². The minimum atomic E-state index is -3.91. The molecule has 4 heterocycles. The number of carbonyl (C=O) groups is 4. The molecule has 16 heteroatoms. The summed E-state index contributed by atoms with van der Waals surface area (Å²) in [5.74, 6) is -2.09. The summed E-state index contributed by atoms with van der Waals surface area (Å²) in [4.78, 5) is 62.4. The summed E-state index contributed by atoms with van der Waals surface area (Å²) in [7, 11) is -3.91. The minimum absolute atomic E-state index is 0.0245. The van der Waals surface area contributed by atoms with Crippen molar-refractivity contribution in [1.82, 2.24) is 25.2 Å². The largest absolute Gasteiger partial charge is 0.472 e. The molecule has 2 aliphatic heterocycles. The van der Waals surface area contributed by atoms with Gasteiger partial charge >= 0.3 is 6.09 Å². The quantitative estimate of drug-likeness (QED) is 0.190. The normalized spacial score (nSPS) is 26.5. The van der Waals surface area contributed by atoms with E-state index in [0.717, 1.165) is 28.1 Å². The van der Waals surface area contributed by atoms with E-state index in [1.807, 2.05) is 54.6 Å². The topological polar surface area (TPSA) is 186 Å². The van der Waals surface area contributed by atoms with Gasteiger partial charge in [-0.05, 0) is 89.6 Å². The lowest BCUT2D eigenvalue weighted by Gasteiger charge is -2.30. The van der Waals surface area contributed by atoms with Gasteiger partial charge in [0.25, 0.3) is 5.91 Å². The van der Waals surface area contributed by atoms with Crippen molar-refractivity contribution in [2.45, 2.75) is 113 Å². The average Bonchev–Trinajstić information content (AvgIpc) is 4.05. The van der Waals surface area contributed by atoms with Gasteiger partial charge in [-0.25, -0.2) is 18.2 Å². The number of alkyl carbamates (subject to hydrolysis) is 1. The van der Waals surface area contributed by atoms with Gasteiger partial charge in [0.15, 0.2) is 5.58 Å². The molecule has 0 spiro atoms. The van der Waals surface area contributed by atoms with Gasteiger partial charge in [-0.1, -0.05) is 53.1 Å². The number of allylic oxidation sites excluding steroid dienone is 1. The minimum Gasteiger partial charge on any atom is -0.472 e. The van der Waals surface area contributed by atoms with Gasteiger partial charge in [0.1, 0.15) is 40.4 Å². The Morgan fingerprint density at radius 1 is 1.04 bits per heavy atom. The predicted molar refractivity (Wildman–Crippen MR) is 216 cm³/mol. The molecule has 302 valence electrons. The van der Waals surface area contributed by atoms with Crippen molar-refractivity contribution >= 4 is 82.6 Å². The summed E-state index contributed by atoms with van der Waals surface area (Å²) in [6, 6.07) is 11.1. The number of pyridine rings is 1. The number of ether oxygens (including phenoxy) is 2. The second kappa shape index (κ2) is 14.9. The van der Waals surface area contributed by atoms with Crippen molar-refractivity contribution in [3.63, 3.8) is 0 Å².